The number of rotatable bonds is 9. The van der Waals surface area contributed by atoms with E-state index in [-0.39, 0.29) is 5.41 Å². The Hall–Kier alpha value is -3.00. The molecule has 0 amide bonds. The van der Waals surface area contributed by atoms with Crippen LogP contribution in [0.2, 0.25) is 0 Å². The van der Waals surface area contributed by atoms with Gasteiger partial charge in [0.15, 0.2) is 0 Å². The zero-order chi connectivity index (χ0) is 21.8. The normalized spacial score (nSPS) is 14.4. The first-order chi connectivity index (χ1) is 15.0. The fourth-order valence-electron chi connectivity index (χ4n) is 4.48. The molecule has 0 N–H and O–H groups in total. The summed E-state index contributed by atoms with van der Waals surface area (Å²) >= 11 is 0. The van der Waals surface area contributed by atoms with Crippen molar-refractivity contribution in [1.29, 1.82) is 5.26 Å². The molecule has 1 saturated carbocycles. The van der Waals surface area contributed by atoms with Crippen molar-refractivity contribution in [3.63, 3.8) is 0 Å². The standard InChI is InChI=1S/C26H30N4O/c1-26(2,24-11-5-6-15-28-24)17-21(31)10-3-4-12-25-29-22-14-13-19(18-27)16-23(22)30(25)20-8-7-9-20/h5-6,11,13-16,20H,3-4,7-10,12,17H2,1-2H3. The fraction of sp³-hybridized carbons (Fsp3) is 0.462. The van der Waals surface area contributed by atoms with Crippen molar-refractivity contribution in [2.45, 2.75) is 76.7 Å². The Morgan fingerprint density at radius 2 is 2.06 bits per heavy atom. The van der Waals surface area contributed by atoms with Gasteiger partial charge in [-0.3, -0.25) is 9.78 Å². The highest BCUT2D eigenvalue weighted by Crippen LogP contribution is 2.36. The van der Waals surface area contributed by atoms with Gasteiger partial charge in [0, 0.05) is 42.6 Å². The van der Waals surface area contributed by atoms with Gasteiger partial charge in [-0.25, -0.2) is 4.98 Å². The van der Waals surface area contributed by atoms with Gasteiger partial charge in [0.2, 0.25) is 0 Å². The first-order valence-electron chi connectivity index (χ1n) is 11.3. The van der Waals surface area contributed by atoms with Gasteiger partial charge in [-0.1, -0.05) is 19.9 Å². The third-order valence-electron chi connectivity index (χ3n) is 6.43. The van der Waals surface area contributed by atoms with Crippen LogP contribution in [0.3, 0.4) is 0 Å². The predicted octanol–water partition coefficient (Wildman–Crippen LogP) is 5.68. The lowest BCUT2D eigenvalue weighted by Crippen LogP contribution is -2.23. The predicted molar refractivity (Wildman–Crippen MR) is 122 cm³/mol. The Labute approximate surface area is 184 Å². The second kappa shape index (κ2) is 9.01. The molecular formula is C26H30N4O. The number of aryl methyl sites for hydroxylation is 1. The van der Waals surface area contributed by atoms with E-state index in [4.69, 9.17) is 4.98 Å². The molecule has 160 valence electrons. The summed E-state index contributed by atoms with van der Waals surface area (Å²) in [7, 11) is 0. The number of hydrogen-bond donors (Lipinski definition) is 0. The van der Waals surface area contributed by atoms with E-state index in [0.29, 0.717) is 30.2 Å². The van der Waals surface area contributed by atoms with E-state index < -0.39 is 0 Å². The van der Waals surface area contributed by atoms with Gasteiger partial charge in [0.05, 0.1) is 22.7 Å². The number of benzene rings is 1. The zero-order valence-corrected chi connectivity index (χ0v) is 18.5. The molecule has 31 heavy (non-hydrogen) atoms. The van der Waals surface area contributed by atoms with Gasteiger partial charge in [0.25, 0.3) is 0 Å². The first kappa shape index (κ1) is 21.2. The van der Waals surface area contributed by atoms with Crippen LogP contribution in [0.4, 0.5) is 0 Å². The molecule has 0 spiro atoms. The number of ketones is 1. The number of aromatic nitrogens is 3. The minimum absolute atomic E-state index is 0.241. The van der Waals surface area contributed by atoms with Gasteiger partial charge in [-0.15, -0.1) is 0 Å². The molecule has 0 bridgehead atoms. The molecule has 2 aromatic heterocycles. The molecule has 1 aliphatic rings. The van der Waals surface area contributed by atoms with E-state index in [0.717, 1.165) is 41.8 Å². The monoisotopic (exact) mass is 414 g/mol. The summed E-state index contributed by atoms with van der Waals surface area (Å²) in [6.07, 6.45) is 9.18. The first-order valence-corrected chi connectivity index (χ1v) is 11.3. The van der Waals surface area contributed by atoms with Crippen LogP contribution in [-0.4, -0.2) is 20.3 Å². The maximum atomic E-state index is 12.6. The lowest BCUT2D eigenvalue weighted by atomic mass is 9.82. The topological polar surface area (TPSA) is 71.6 Å². The number of Topliss-reactive ketones (excluding diaryl/α,β-unsaturated/α-hetero) is 1. The van der Waals surface area contributed by atoms with Gasteiger partial charge >= 0.3 is 0 Å². The highest BCUT2D eigenvalue weighted by Gasteiger charge is 2.26. The molecule has 0 unspecified atom stereocenters. The lowest BCUT2D eigenvalue weighted by molar-refractivity contribution is -0.120. The molecule has 3 aromatic rings. The molecule has 1 aliphatic carbocycles. The number of fused-ring (bicyclic) bond motifs is 1. The average molecular weight is 415 g/mol. The molecule has 1 aromatic carbocycles. The molecule has 4 rings (SSSR count). The third kappa shape index (κ3) is 4.69. The van der Waals surface area contributed by atoms with Crippen molar-refractivity contribution in [2.24, 2.45) is 0 Å². The summed E-state index contributed by atoms with van der Waals surface area (Å²) in [6.45, 7) is 4.17. The molecule has 5 heteroatoms. The number of carbonyl (C=O) groups is 1. The van der Waals surface area contributed by atoms with Crippen molar-refractivity contribution in [2.75, 3.05) is 0 Å². The number of nitrogens with zero attached hydrogens (tertiary/aromatic N) is 4. The van der Waals surface area contributed by atoms with E-state index in [2.05, 4.69) is 29.5 Å². The smallest absolute Gasteiger partial charge is 0.133 e. The number of unbranched alkanes of at least 4 members (excludes halogenated alkanes) is 1. The number of carbonyl (C=O) groups excluding carboxylic acids is 1. The van der Waals surface area contributed by atoms with Crippen LogP contribution in [0.25, 0.3) is 11.0 Å². The summed E-state index contributed by atoms with van der Waals surface area (Å²) in [5.41, 5.74) is 3.45. The van der Waals surface area contributed by atoms with Crippen molar-refractivity contribution in [1.82, 2.24) is 14.5 Å². The van der Waals surface area contributed by atoms with Crippen molar-refractivity contribution in [3.05, 3.63) is 59.7 Å². The quantitative estimate of drug-likeness (QED) is 0.422. The number of hydrogen-bond acceptors (Lipinski definition) is 4. The van der Waals surface area contributed by atoms with Crippen LogP contribution in [0.15, 0.2) is 42.6 Å². The third-order valence-corrected chi connectivity index (χ3v) is 6.43. The Bertz CT molecular complexity index is 1100. The van der Waals surface area contributed by atoms with Crippen molar-refractivity contribution in [3.8, 4) is 6.07 Å². The molecule has 2 heterocycles. The molecular weight excluding hydrogens is 384 g/mol. The Balaban J connectivity index is 1.36. The van der Waals surface area contributed by atoms with E-state index in [1.807, 2.05) is 36.4 Å². The Morgan fingerprint density at radius 1 is 1.23 bits per heavy atom. The molecule has 0 aliphatic heterocycles. The Kier molecular flexibility index (Phi) is 6.18. The van der Waals surface area contributed by atoms with Crippen LogP contribution in [-0.2, 0) is 16.6 Å². The van der Waals surface area contributed by atoms with E-state index in [1.54, 1.807) is 6.20 Å². The molecule has 0 radical (unpaired) electrons. The van der Waals surface area contributed by atoms with Gasteiger partial charge in [-0.05, 0) is 62.4 Å². The SMILES string of the molecule is CC(C)(CC(=O)CCCCc1nc2ccc(C#N)cc2n1C1CCC1)c1ccccn1. The maximum absolute atomic E-state index is 12.6. The highest BCUT2D eigenvalue weighted by atomic mass is 16.1. The minimum Gasteiger partial charge on any atom is -0.325 e. The summed E-state index contributed by atoms with van der Waals surface area (Å²) in [5.74, 6) is 1.39. The number of imidazole rings is 1. The van der Waals surface area contributed by atoms with Crippen LogP contribution < -0.4 is 0 Å². The lowest BCUT2D eigenvalue weighted by Gasteiger charge is -2.29. The van der Waals surface area contributed by atoms with Crippen LogP contribution in [0.1, 0.15) is 81.9 Å². The second-order valence-corrected chi connectivity index (χ2v) is 9.32. The molecule has 0 atom stereocenters. The number of pyridine rings is 1. The van der Waals surface area contributed by atoms with Crippen molar-refractivity contribution < 1.29 is 4.79 Å². The van der Waals surface area contributed by atoms with Crippen LogP contribution >= 0.6 is 0 Å². The number of nitriles is 1. The molecule has 0 saturated heterocycles. The van der Waals surface area contributed by atoms with Gasteiger partial charge in [0.1, 0.15) is 11.6 Å². The van der Waals surface area contributed by atoms with Crippen molar-refractivity contribution >= 4 is 16.8 Å². The molecule has 1 fully saturated rings. The van der Waals surface area contributed by atoms with Gasteiger partial charge < -0.3 is 4.57 Å². The maximum Gasteiger partial charge on any atom is 0.133 e. The summed E-state index contributed by atoms with van der Waals surface area (Å²) < 4.78 is 2.35. The fourth-order valence-corrected chi connectivity index (χ4v) is 4.48. The van der Waals surface area contributed by atoms with Crippen LogP contribution in [0, 0.1) is 11.3 Å². The van der Waals surface area contributed by atoms with E-state index >= 15 is 0 Å². The molecule has 5 nitrogen and oxygen atoms in total. The highest BCUT2D eigenvalue weighted by molar-refractivity contribution is 5.80. The largest absolute Gasteiger partial charge is 0.325 e. The van der Waals surface area contributed by atoms with Gasteiger partial charge in [-0.2, -0.15) is 5.26 Å². The van der Waals surface area contributed by atoms with Crippen LogP contribution in [0.5, 0.6) is 0 Å². The average Bonchev–Trinajstić information content (AvgIpc) is 3.07. The van der Waals surface area contributed by atoms with E-state index in [1.165, 1.54) is 19.3 Å². The van der Waals surface area contributed by atoms with E-state index in [9.17, 15) is 10.1 Å². The minimum atomic E-state index is -0.241. The summed E-state index contributed by atoms with van der Waals surface area (Å²) in [6, 6.07) is 14.4. The zero-order valence-electron chi connectivity index (χ0n) is 18.5. The summed E-state index contributed by atoms with van der Waals surface area (Å²) in [5, 5.41) is 9.27. The second-order valence-electron chi connectivity index (χ2n) is 9.32. The Morgan fingerprint density at radius 3 is 2.74 bits per heavy atom. The summed E-state index contributed by atoms with van der Waals surface area (Å²) in [4.78, 5) is 21.9.